The number of likely N-dealkylation sites (tertiary alicyclic amines) is 1. The molecule has 0 aliphatic carbocycles. The molecular formula is C33H34N8O2. The Labute approximate surface area is 250 Å². The highest BCUT2D eigenvalue weighted by atomic mass is 16.5. The van der Waals surface area contributed by atoms with Crippen LogP contribution in [0.4, 0.5) is 11.5 Å². The SMILES string of the molecule is Cc1cc(Nc2ncnc3ccc(/C=C/CNC(=O)/C=C/[C@H]4CCCN4C)nc23)ccc1Oc1ccc2c(c1)ncn2C. The number of rotatable bonds is 9. The predicted molar refractivity (Wildman–Crippen MR) is 169 cm³/mol. The third kappa shape index (κ3) is 6.54. The molecule has 0 radical (unpaired) electrons. The molecule has 0 saturated carbocycles. The first-order valence-corrected chi connectivity index (χ1v) is 14.3. The number of pyridine rings is 1. The standard InChI is InChI=1S/C33H34N8O2/c1-22-18-24(9-14-30(22)43-26-11-13-29-28(19-26)37-21-41(29)3)39-33-32-27(35-20-36-33)12-8-23(38-32)6-4-16-34-31(42)15-10-25-7-5-17-40(25)2/h4,6,8-15,18-21,25H,5,7,16-17H2,1-3H3,(H,34,42)(H,35,36,39)/b6-4+,15-10+/t25-/m1/s1. The van der Waals surface area contributed by atoms with Gasteiger partial charge in [-0.3, -0.25) is 9.69 Å². The van der Waals surface area contributed by atoms with E-state index >= 15 is 0 Å². The number of benzene rings is 2. The van der Waals surface area contributed by atoms with Crippen LogP contribution < -0.4 is 15.4 Å². The lowest BCUT2D eigenvalue weighted by Crippen LogP contribution is -2.25. The summed E-state index contributed by atoms with van der Waals surface area (Å²) >= 11 is 0. The van der Waals surface area contributed by atoms with Crippen molar-refractivity contribution in [3.63, 3.8) is 0 Å². The molecule has 0 unspecified atom stereocenters. The quantitative estimate of drug-likeness (QED) is 0.221. The number of aromatic nitrogens is 5. The number of nitrogens with one attached hydrogen (secondary N) is 2. The second kappa shape index (κ2) is 12.4. The number of anilines is 2. The minimum absolute atomic E-state index is 0.0997. The monoisotopic (exact) mass is 574 g/mol. The summed E-state index contributed by atoms with van der Waals surface area (Å²) < 4.78 is 8.14. The zero-order valence-electron chi connectivity index (χ0n) is 24.5. The average molecular weight is 575 g/mol. The first-order valence-electron chi connectivity index (χ1n) is 14.3. The van der Waals surface area contributed by atoms with Crippen LogP contribution in [0.5, 0.6) is 11.5 Å². The summed E-state index contributed by atoms with van der Waals surface area (Å²) in [5, 5.41) is 6.28. The zero-order valence-corrected chi connectivity index (χ0v) is 24.5. The Balaban J connectivity index is 1.10. The predicted octanol–water partition coefficient (Wildman–Crippen LogP) is 5.54. The molecule has 4 heterocycles. The maximum atomic E-state index is 12.2. The first kappa shape index (κ1) is 28.0. The molecule has 2 aromatic carbocycles. The largest absolute Gasteiger partial charge is 0.457 e. The van der Waals surface area contributed by atoms with Gasteiger partial charge in [0, 0.05) is 37.5 Å². The molecule has 1 aliphatic rings. The Kier molecular flexibility index (Phi) is 8.10. The lowest BCUT2D eigenvalue weighted by Gasteiger charge is -2.14. The number of amides is 1. The van der Waals surface area contributed by atoms with E-state index in [-0.39, 0.29) is 5.91 Å². The maximum Gasteiger partial charge on any atom is 0.243 e. The Morgan fingerprint density at radius 1 is 1.07 bits per heavy atom. The number of ether oxygens (including phenoxy) is 1. The Morgan fingerprint density at radius 2 is 1.98 bits per heavy atom. The Bertz CT molecular complexity index is 1840. The van der Waals surface area contributed by atoms with Gasteiger partial charge in [-0.05, 0) is 87.5 Å². The molecule has 6 rings (SSSR count). The fraction of sp³-hybridized carbons (Fsp3) is 0.242. The maximum absolute atomic E-state index is 12.2. The van der Waals surface area contributed by atoms with Crippen molar-refractivity contribution in [3.8, 4) is 11.5 Å². The second-order valence-electron chi connectivity index (χ2n) is 10.7. The van der Waals surface area contributed by atoms with Gasteiger partial charge in [-0.2, -0.15) is 0 Å². The number of aryl methyl sites for hydroxylation is 2. The molecule has 3 aromatic heterocycles. The summed E-state index contributed by atoms with van der Waals surface area (Å²) in [5.74, 6) is 1.99. The van der Waals surface area contributed by atoms with Crippen LogP contribution in [0.3, 0.4) is 0 Å². The molecule has 1 atom stereocenters. The third-order valence-corrected chi connectivity index (χ3v) is 7.60. The number of likely N-dealkylation sites (N-methyl/N-ethyl adjacent to an activating group) is 1. The van der Waals surface area contributed by atoms with Crippen molar-refractivity contribution >= 4 is 45.6 Å². The van der Waals surface area contributed by atoms with Crippen molar-refractivity contribution in [2.45, 2.75) is 25.8 Å². The van der Waals surface area contributed by atoms with Crippen molar-refractivity contribution in [2.24, 2.45) is 7.05 Å². The second-order valence-corrected chi connectivity index (χ2v) is 10.7. The molecule has 0 bridgehead atoms. The Morgan fingerprint density at radius 3 is 2.81 bits per heavy atom. The first-order chi connectivity index (χ1) is 20.9. The number of carbonyl (C=O) groups is 1. The van der Waals surface area contributed by atoms with Gasteiger partial charge in [-0.15, -0.1) is 0 Å². The number of imidazole rings is 1. The average Bonchev–Trinajstić information content (AvgIpc) is 3.60. The molecule has 218 valence electrons. The summed E-state index contributed by atoms with van der Waals surface area (Å²) in [4.78, 5) is 32.5. The number of nitrogens with zero attached hydrogens (tertiary/aromatic N) is 6. The van der Waals surface area contributed by atoms with Crippen LogP contribution in [0, 0.1) is 6.92 Å². The zero-order chi connectivity index (χ0) is 29.8. The van der Waals surface area contributed by atoms with Gasteiger partial charge in [0.2, 0.25) is 5.91 Å². The number of hydrogen-bond donors (Lipinski definition) is 2. The fourth-order valence-corrected chi connectivity index (χ4v) is 5.20. The van der Waals surface area contributed by atoms with Crippen molar-refractivity contribution in [1.82, 2.24) is 34.7 Å². The minimum atomic E-state index is -0.0997. The highest BCUT2D eigenvalue weighted by molar-refractivity contribution is 5.88. The van der Waals surface area contributed by atoms with Gasteiger partial charge in [0.15, 0.2) is 5.82 Å². The third-order valence-electron chi connectivity index (χ3n) is 7.60. The summed E-state index contributed by atoms with van der Waals surface area (Å²) in [6.45, 7) is 3.48. The number of fused-ring (bicyclic) bond motifs is 2. The smallest absolute Gasteiger partial charge is 0.243 e. The van der Waals surface area contributed by atoms with E-state index in [9.17, 15) is 4.79 Å². The van der Waals surface area contributed by atoms with Crippen molar-refractivity contribution in [2.75, 3.05) is 25.5 Å². The van der Waals surface area contributed by atoms with Gasteiger partial charge in [-0.25, -0.2) is 19.9 Å². The van der Waals surface area contributed by atoms with Crippen LogP contribution in [0.2, 0.25) is 0 Å². The molecule has 10 heteroatoms. The molecule has 0 spiro atoms. The van der Waals surface area contributed by atoms with Gasteiger partial charge in [0.25, 0.3) is 0 Å². The molecule has 43 heavy (non-hydrogen) atoms. The van der Waals surface area contributed by atoms with Crippen molar-refractivity contribution < 1.29 is 9.53 Å². The van der Waals surface area contributed by atoms with E-state index < -0.39 is 0 Å². The van der Waals surface area contributed by atoms with E-state index in [1.807, 2.05) is 85.3 Å². The topological polar surface area (TPSA) is 110 Å². The lowest BCUT2D eigenvalue weighted by molar-refractivity contribution is -0.116. The number of carbonyl (C=O) groups excluding carboxylic acids is 1. The van der Waals surface area contributed by atoms with Crippen LogP contribution >= 0.6 is 0 Å². The Hall–Kier alpha value is -5.09. The van der Waals surface area contributed by atoms with Gasteiger partial charge in [-0.1, -0.05) is 12.2 Å². The van der Waals surface area contributed by atoms with Crippen molar-refractivity contribution in [1.29, 1.82) is 0 Å². The number of hydrogen-bond acceptors (Lipinski definition) is 8. The molecule has 1 saturated heterocycles. The van der Waals surface area contributed by atoms with Crippen LogP contribution in [-0.2, 0) is 11.8 Å². The van der Waals surface area contributed by atoms with Crippen LogP contribution in [0.15, 0.2) is 79.4 Å². The van der Waals surface area contributed by atoms with E-state index in [4.69, 9.17) is 9.72 Å². The van der Waals surface area contributed by atoms with E-state index in [1.54, 1.807) is 12.4 Å². The van der Waals surface area contributed by atoms with Gasteiger partial charge < -0.3 is 19.9 Å². The molecule has 1 aliphatic heterocycles. The molecule has 1 fully saturated rings. The normalized spacial score (nSPS) is 15.7. The highest BCUT2D eigenvalue weighted by Crippen LogP contribution is 2.31. The molecule has 2 N–H and O–H groups in total. The minimum Gasteiger partial charge on any atom is -0.457 e. The molecule has 5 aromatic rings. The molecule has 1 amide bonds. The van der Waals surface area contributed by atoms with E-state index in [1.165, 1.54) is 12.7 Å². The lowest BCUT2D eigenvalue weighted by atomic mass is 10.2. The van der Waals surface area contributed by atoms with Gasteiger partial charge in [0.1, 0.15) is 23.3 Å². The summed E-state index contributed by atoms with van der Waals surface area (Å²) in [6.07, 6.45) is 12.9. The summed E-state index contributed by atoms with van der Waals surface area (Å²) in [6, 6.07) is 15.9. The van der Waals surface area contributed by atoms with E-state index in [0.29, 0.717) is 23.9 Å². The van der Waals surface area contributed by atoms with Crippen LogP contribution in [0.25, 0.3) is 28.1 Å². The van der Waals surface area contributed by atoms with E-state index in [0.717, 1.165) is 58.0 Å². The van der Waals surface area contributed by atoms with Crippen LogP contribution in [-0.4, -0.2) is 61.5 Å². The van der Waals surface area contributed by atoms with Gasteiger partial charge in [0.05, 0.1) is 28.6 Å². The fourth-order valence-electron chi connectivity index (χ4n) is 5.20. The molecular weight excluding hydrogens is 540 g/mol. The summed E-state index contributed by atoms with van der Waals surface area (Å²) in [5.41, 5.74) is 5.88. The molecule has 10 nitrogen and oxygen atoms in total. The van der Waals surface area contributed by atoms with Crippen LogP contribution in [0.1, 0.15) is 24.1 Å². The van der Waals surface area contributed by atoms with E-state index in [2.05, 4.69) is 37.5 Å². The van der Waals surface area contributed by atoms with Gasteiger partial charge >= 0.3 is 0 Å². The highest BCUT2D eigenvalue weighted by Gasteiger charge is 2.17. The summed E-state index contributed by atoms with van der Waals surface area (Å²) in [7, 11) is 4.06. The van der Waals surface area contributed by atoms with Crippen molar-refractivity contribution in [3.05, 3.63) is 90.7 Å².